The Kier molecular flexibility index (Phi) is 3.35. The average Bonchev–Trinajstić information content (AvgIpc) is 2.94. The van der Waals surface area contributed by atoms with Crippen LogP contribution in [-0.2, 0) is 6.54 Å². The molecule has 3 aromatic carbocycles. The van der Waals surface area contributed by atoms with E-state index < -0.39 is 0 Å². The summed E-state index contributed by atoms with van der Waals surface area (Å²) in [7, 11) is 0. The van der Waals surface area contributed by atoms with Crippen molar-refractivity contribution in [2.24, 2.45) is 0 Å². The highest BCUT2D eigenvalue weighted by Crippen LogP contribution is 2.31. The Bertz CT molecular complexity index is 1060. The van der Waals surface area contributed by atoms with Gasteiger partial charge in [0.2, 0.25) is 0 Å². The van der Waals surface area contributed by atoms with Gasteiger partial charge in [-0.3, -0.25) is 4.79 Å². The number of nitrogen functional groups attached to an aromatic ring is 1. The van der Waals surface area contributed by atoms with Crippen LogP contribution in [0.1, 0.15) is 22.8 Å². The Morgan fingerprint density at radius 2 is 1.54 bits per heavy atom. The summed E-state index contributed by atoms with van der Waals surface area (Å²) < 4.78 is 2.25. The van der Waals surface area contributed by atoms with E-state index in [1.165, 1.54) is 0 Å². The number of hydrogen-bond donors (Lipinski definition) is 1. The Morgan fingerprint density at radius 1 is 0.875 bits per heavy atom. The number of rotatable bonds is 3. The second kappa shape index (κ2) is 5.53. The van der Waals surface area contributed by atoms with E-state index in [0.717, 1.165) is 34.0 Å². The van der Waals surface area contributed by atoms with Crippen molar-refractivity contribution < 1.29 is 4.79 Å². The number of aromatic nitrogens is 1. The van der Waals surface area contributed by atoms with Crippen LogP contribution in [0.25, 0.3) is 21.8 Å². The average molecular weight is 314 g/mol. The fourth-order valence-electron chi connectivity index (χ4n) is 3.36. The van der Waals surface area contributed by atoms with Crippen LogP contribution in [-0.4, -0.2) is 10.4 Å². The lowest BCUT2D eigenvalue weighted by atomic mass is 10.0. The van der Waals surface area contributed by atoms with Crippen molar-refractivity contribution in [1.82, 2.24) is 4.57 Å². The molecule has 3 nitrogen and oxygen atoms in total. The maximum Gasteiger partial charge on any atom is 0.193 e. The van der Waals surface area contributed by atoms with E-state index in [1.54, 1.807) is 0 Å². The number of nitrogens with zero attached hydrogens (tertiary/aromatic N) is 1. The Morgan fingerprint density at radius 3 is 2.25 bits per heavy atom. The van der Waals surface area contributed by atoms with Gasteiger partial charge in [0.25, 0.3) is 0 Å². The highest BCUT2D eigenvalue weighted by molar-refractivity contribution is 6.15. The van der Waals surface area contributed by atoms with Gasteiger partial charge < -0.3 is 10.3 Å². The maximum atomic E-state index is 12.7. The molecule has 0 unspecified atom stereocenters. The van der Waals surface area contributed by atoms with Gasteiger partial charge in [0.15, 0.2) is 5.78 Å². The van der Waals surface area contributed by atoms with Crippen molar-refractivity contribution in [3.63, 3.8) is 0 Å². The minimum atomic E-state index is 0.0406. The standard InChI is InChI=1S/C21H18N2O/c1-2-23-19-10-8-15(21(24)14-6-4-3-5-7-14)12-17(19)18-13-16(22)9-11-20(18)23/h3-13H,2,22H2,1H3. The van der Waals surface area contributed by atoms with Crippen molar-refractivity contribution in [1.29, 1.82) is 0 Å². The zero-order chi connectivity index (χ0) is 16.7. The molecule has 0 saturated carbocycles. The largest absolute Gasteiger partial charge is 0.399 e. The van der Waals surface area contributed by atoms with E-state index in [4.69, 9.17) is 5.73 Å². The molecular formula is C21H18N2O. The van der Waals surface area contributed by atoms with Gasteiger partial charge in [-0.2, -0.15) is 0 Å². The quantitative estimate of drug-likeness (QED) is 0.443. The van der Waals surface area contributed by atoms with Gasteiger partial charge in [-0.25, -0.2) is 0 Å². The van der Waals surface area contributed by atoms with E-state index in [0.29, 0.717) is 11.1 Å². The first-order valence-corrected chi connectivity index (χ1v) is 8.10. The molecule has 4 rings (SSSR count). The lowest BCUT2D eigenvalue weighted by Crippen LogP contribution is -2.01. The second-order valence-electron chi connectivity index (χ2n) is 5.95. The van der Waals surface area contributed by atoms with Crippen LogP contribution < -0.4 is 5.73 Å². The smallest absolute Gasteiger partial charge is 0.193 e. The normalized spacial score (nSPS) is 11.2. The topological polar surface area (TPSA) is 48.0 Å². The number of fused-ring (bicyclic) bond motifs is 3. The first-order chi connectivity index (χ1) is 11.7. The molecular weight excluding hydrogens is 296 g/mol. The summed E-state index contributed by atoms with van der Waals surface area (Å²) in [6.07, 6.45) is 0. The first-order valence-electron chi connectivity index (χ1n) is 8.10. The van der Waals surface area contributed by atoms with Gasteiger partial charge in [0, 0.05) is 45.2 Å². The molecule has 0 spiro atoms. The molecule has 118 valence electrons. The minimum Gasteiger partial charge on any atom is -0.399 e. The van der Waals surface area contributed by atoms with Gasteiger partial charge in [0.1, 0.15) is 0 Å². The molecule has 0 bridgehead atoms. The van der Waals surface area contributed by atoms with Gasteiger partial charge in [-0.1, -0.05) is 30.3 Å². The highest BCUT2D eigenvalue weighted by Gasteiger charge is 2.14. The molecule has 24 heavy (non-hydrogen) atoms. The van der Waals surface area contributed by atoms with Crippen molar-refractivity contribution in [3.05, 3.63) is 77.9 Å². The third-order valence-corrected chi connectivity index (χ3v) is 4.50. The molecule has 0 atom stereocenters. The Hall–Kier alpha value is -3.07. The fourth-order valence-corrected chi connectivity index (χ4v) is 3.36. The first kappa shape index (κ1) is 14.5. The SMILES string of the molecule is CCn1c2ccc(N)cc2c2cc(C(=O)c3ccccc3)ccc21. The summed E-state index contributed by atoms with van der Waals surface area (Å²) in [4.78, 5) is 12.7. The fraction of sp³-hybridized carbons (Fsp3) is 0.0952. The van der Waals surface area contributed by atoms with Crippen LogP contribution in [0.4, 0.5) is 5.69 Å². The van der Waals surface area contributed by atoms with E-state index >= 15 is 0 Å². The molecule has 0 amide bonds. The summed E-state index contributed by atoms with van der Waals surface area (Å²) in [6.45, 7) is 2.99. The Labute approximate surface area is 140 Å². The predicted octanol–water partition coefficient (Wildman–Crippen LogP) is 4.63. The molecule has 0 aliphatic rings. The second-order valence-corrected chi connectivity index (χ2v) is 5.95. The molecule has 3 heteroatoms. The summed E-state index contributed by atoms with van der Waals surface area (Å²) in [6, 6.07) is 21.3. The number of carbonyl (C=O) groups excluding carboxylic acids is 1. The monoisotopic (exact) mass is 314 g/mol. The van der Waals surface area contributed by atoms with Crippen LogP contribution in [0.3, 0.4) is 0 Å². The van der Waals surface area contributed by atoms with E-state index in [1.807, 2.05) is 66.7 Å². The maximum absolute atomic E-state index is 12.7. The van der Waals surface area contributed by atoms with Crippen LogP contribution in [0.2, 0.25) is 0 Å². The van der Waals surface area contributed by atoms with Crippen molar-refractivity contribution in [3.8, 4) is 0 Å². The molecule has 0 fully saturated rings. The molecule has 0 radical (unpaired) electrons. The van der Waals surface area contributed by atoms with Crippen molar-refractivity contribution >= 4 is 33.3 Å². The molecule has 0 aliphatic heterocycles. The lowest BCUT2D eigenvalue weighted by Gasteiger charge is -2.04. The van der Waals surface area contributed by atoms with Gasteiger partial charge in [-0.05, 0) is 43.3 Å². The van der Waals surface area contributed by atoms with Crippen LogP contribution >= 0.6 is 0 Å². The summed E-state index contributed by atoms with van der Waals surface area (Å²) in [5.41, 5.74) is 10.4. The lowest BCUT2D eigenvalue weighted by molar-refractivity contribution is 0.103. The van der Waals surface area contributed by atoms with Crippen LogP contribution in [0, 0.1) is 0 Å². The van der Waals surface area contributed by atoms with Crippen LogP contribution in [0.5, 0.6) is 0 Å². The molecule has 1 aromatic heterocycles. The number of carbonyl (C=O) groups is 1. The third kappa shape index (κ3) is 2.17. The number of ketones is 1. The van der Waals surface area contributed by atoms with Gasteiger partial charge in [-0.15, -0.1) is 0 Å². The van der Waals surface area contributed by atoms with E-state index in [-0.39, 0.29) is 5.78 Å². The third-order valence-electron chi connectivity index (χ3n) is 4.50. The summed E-state index contributed by atoms with van der Waals surface area (Å²) >= 11 is 0. The van der Waals surface area contributed by atoms with Crippen LogP contribution in [0.15, 0.2) is 66.7 Å². The zero-order valence-corrected chi connectivity index (χ0v) is 13.5. The number of nitrogens with two attached hydrogens (primary N) is 1. The van der Waals surface area contributed by atoms with Crippen molar-refractivity contribution in [2.75, 3.05) is 5.73 Å². The minimum absolute atomic E-state index is 0.0406. The number of benzene rings is 3. The van der Waals surface area contributed by atoms with Crippen molar-refractivity contribution in [2.45, 2.75) is 13.5 Å². The summed E-state index contributed by atoms with van der Waals surface area (Å²) in [5, 5.41) is 2.16. The predicted molar refractivity (Wildman–Crippen MR) is 99.4 cm³/mol. The summed E-state index contributed by atoms with van der Waals surface area (Å²) in [5.74, 6) is 0.0406. The van der Waals surface area contributed by atoms with E-state index in [2.05, 4.69) is 11.5 Å². The molecule has 2 N–H and O–H groups in total. The highest BCUT2D eigenvalue weighted by atomic mass is 16.1. The number of anilines is 1. The van der Waals surface area contributed by atoms with Gasteiger partial charge >= 0.3 is 0 Å². The molecule has 1 heterocycles. The Balaban J connectivity index is 1.96. The van der Waals surface area contributed by atoms with Gasteiger partial charge in [0.05, 0.1) is 0 Å². The zero-order valence-electron chi connectivity index (χ0n) is 13.5. The molecule has 0 saturated heterocycles. The molecule has 4 aromatic rings. The molecule has 0 aliphatic carbocycles. The number of hydrogen-bond acceptors (Lipinski definition) is 2. The number of aryl methyl sites for hydroxylation is 1. The van der Waals surface area contributed by atoms with E-state index in [9.17, 15) is 4.79 Å².